The minimum atomic E-state index is 0.0584. The number of halogens is 1. The second kappa shape index (κ2) is 7.03. The van der Waals surface area contributed by atoms with E-state index in [4.69, 9.17) is 0 Å². The fourth-order valence-corrected chi connectivity index (χ4v) is 2.63. The molecule has 1 saturated heterocycles. The summed E-state index contributed by atoms with van der Waals surface area (Å²) in [5.41, 5.74) is 0.839. The zero-order chi connectivity index (χ0) is 13.7. The van der Waals surface area contributed by atoms with Crippen LogP contribution in [0.1, 0.15) is 6.92 Å². The van der Waals surface area contributed by atoms with Gasteiger partial charge in [0, 0.05) is 36.3 Å². The average molecular weight is 326 g/mol. The number of nitrogens with one attached hydrogen (secondary N) is 1. The Kier molecular flexibility index (Phi) is 5.36. The Hall–Kier alpha value is -0.910. The first-order valence-electron chi connectivity index (χ1n) is 6.67. The van der Waals surface area contributed by atoms with Gasteiger partial charge >= 0.3 is 0 Å². The van der Waals surface area contributed by atoms with Gasteiger partial charge in [-0.05, 0) is 24.7 Å². The van der Waals surface area contributed by atoms with Crippen molar-refractivity contribution in [2.24, 2.45) is 0 Å². The van der Waals surface area contributed by atoms with Crippen LogP contribution in [-0.2, 0) is 4.79 Å². The molecule has 4 nitrogen and oxygen atoms in total. The van der Waals surface area contributed by atoms with E-state index in [0.29, 0.717) is 6.54 Å². The third-order valence-corrected chi connectivity index (χ3v) is 3.88. The van der Waals surface area contributed by atoms with Crippen molar-refractivity contribution in [2.75, 3.05) is 44.6 Å². The first kappa shape index (κ1) is 14.5. The number of rotatable bonds is 4. The molecule has 0 saturated carbocycles. The van der Waals surface area contributed by atoms with Crippen LogP contribution in [-0.4, -0.2) is 55.0 Å². The maximum absolute atomic E-state index is 12.0. The lowest BCUT2D eigenvalue weighted by atomic mass is 10.3. The summed E-state index contributed by atoms with van der Waals surface area (Å²) in [6.45, 7) is 7.80. The van der Waals surface area contributed by atoms with Gasteiger partial charge in [0.2, 0.25) is 5.91 Å². The van der Waals surface area contributed by atoms with E-state index in [2.05, 4.69) is 38.0 Å². The van der Waals surface area contributed by atoms with E-state index in [9.17, 15) is 4.79 Å². The van der Waals surface area contributed by atoms with Crippen molar-refractivity contribution in [3.63, 3.8) is 0 Å². The number of carbonyl (C=O) groups excluding carboxylic acids is 1. The highest BCUT2D eigenvalue weighted by molar-refractivity contribution is 9.10. The van der Waals surface area contributed by atoms with E-state index in [1.807, 2.05) is 24.3 Å². The summed E-state index contributed by atoms with van der Waals surface area (Å²) in [6.07, 6.45) is 0. The highest BCUT2D eigenvalue weighted by atomic mass is 79.9. The molecule has 0 aromatic heterocycles. The van der Waals surface area contributed by atoms with Crippen molar-refractivity contribution in [3.05, 3.63) is 28.7 Å². The summed E-state index contributed by atoms with van der Waals surface area (Å²) >= 11 is 3.40. The molecule has 0 aliphatic carbocycles. The molecular weight excluding hydrogens is 306 g/mol. The van der Waals surface area contributed by atoms with E-state index in [1.54, 1.807) is 0 Å². The quantitative estimate of drug-likeness (QED) is 0.920. The predicted molar refractivity (Wildman–Crippen MR) is 81.3 cm³/mol. The van der Waals surface area contributed by atoms with Crippen LogP contribution in [0.4, 0.5) is 5.69 Å². The minimum absolute atomic E-state index is 0.0584. The molecule has 0 atom stereocenters. The van der Waals surface area contributed by atoms with Crippen molar-refractivity contribution in [1.29, 1.82) is 0 Å². The molecule has 0 radical (unpaired) electrons. The standard InChI is InChI=1S/C14H20BrN3O/c1-2-17-6-8-18(9-7-17)11-14(19)16-13-5-3-4-12(15)10-13/h3-5,10H,2,6-9,11H2,1H3,(H,16,19). The molecule has 1 aromatic carbocycles. The number of carbonyl (C=O) groups is 1. The normalized spacial score (nSPS) is 17.4. The molecular formula is C14H20BrN3O. The van der Waals surface area contributed by atoms with Gasteiger partial charge in [-0.2, -0.15) is 0 Å². The predicted octanol–water partition coefficient (Wildman–Crippen LogP) is 2.03. The summed E-state index contributed by atoms with van der Waals surface area (Å²) in [6, 6.07) is 7.67. The molecule has 1 aromatic rings. The number of likely N-dealkylation sites (N-methyl/N-ethyl adjacent to an activating group) is 1. The van der Waals surface area contributed by atoms with Crippen LogP contribution in [0.3, 0.4) is 0 Å². The van der Waals surface area contributed by atoms with Gasteiger partial charge in [0.1, 0.15) is 0 Å². The molecule has 0 bridgehead atoms. The maximum Gasteiger partial charge on any atom is 0.238 e. The molecule has 19 heavy (non-hydrogen) atoms. The summed E-state index contributed by atoms with van der Waals surface area (Å²) in [7, 11) is 0. The number of amides is 1. The Morgan fingerprint density at radius 3 is 2.58 bits per heavy atom. The topological polar surface area (TPSA) is 35.6 Å². The molecule has 1 aliphatic heterocycles. The van der Waals surface area contributed by atoms with E-state index >= 15 is 0 Å². The van der Waals surface area contributed by atoms with Gasteiger partial charge in [0.05, 0.1) is 6.54 Å². The Bertz CT molecular complexity index is 430. The van der Waals surface area contributed by atoms with Crippen LogP contribution in [0.25, 0.3) is 0 Å². The molecule has 1 fully saturated rings. The number of anilines is 1. The van der Waals surface area contributed by atoms with Crippen LogP contribution in [0.15, 0.2) is 28.7 Å². The number of hydrogen-bond donors (Lipinski definition) is 1. The number of benzene rings is 1. The highest BCUT2D eigenvalue weighted by Crippen LogP contribution is 2.15. The molecule has 1 amide bonds. The van der Waals surface area contributed by atoms with Crippen LogP contribution in [0, 0.1) is 0 Å². The van der Waals surface area contributed by atoms with Crippen molar-refractivity contribution < 1.29 is 4.79 Å². The van der Waals surface area contributed by atoms with E-state index in [-0.39, 0.29) is 5.91 Å². The average Bonchev–Trinajstić information content (AvgIpc) is 2.39. The van der Waals surface area contributed by atoms with Gasteiger partial charge in [0.15, 0.2) is 0 Å². The third kappa shape index (κ3) is 4.60. The highest BCUT2D eigenvalue weighted by Gasteiger charge is 2.17. The molecule has 0 spiro atoms. The van der Waals surface area contributed by atoms with Crippen LogP contribution >= 0.6 is 15.9 Å². The second-order valence-electron chi connectivity index (χ2n) is 4.77. The number of hydrogen-bond acceptors (Lipinski definition) is 3. The molecule has 0 unspecified atom stereocenters. The van der Waals surface area contributed by atoms with Crippen molar-refractivity contribution in [2.45, 2.75) is 6.92 Å². The SMILES string of the molecule is CCN1CCN(CC(=O)Nc2cccc(Br)c2)CC1. The molecule has 1 aliphatic rings. The van der Waals surface area contributed by atoms with Crippen molar-refractivity contribution >= 4 is 27.5 Å². The first-order valence-corrected chi connectivity index (χ1v) is 7.47. The fraction of sp³-hybridized carbons (Fsp3) is 0.500. The van der Waals surface area contributed by atoms with E-state index in [0.717, 1.165) is 42.9 Å². The summed E-state index contributed by atoms with van der Waals surface area (Å²) in [5.74, 6) is 0.0584. The van der Waals surface area contributed by atoms with Crippen LogP contribution in [0.2, 0.25) is 0 Å². The minimum Gasteiger partial charge on any atom is -0.325 e. The van der Waals surface area contributed by atoms with Gasteiger partial charge in [0.25, 0.3) is 0 Å². The van der Waals surface area contributed by atoms with E-state index < -0.39 is 0 Å². The van der Waals surface area contributed by atoms with Crippen molar-refractivity contribution in [3.8, 4) is 0 Å². The van der Waals surface area contributed by atoms with Crippen molar-refractivity contribution in [1.82, 2.24) is 9.80 Å². The third-order valence-electron chi connectivity index (χ3n) is 3.39. The van der Waals surface area contributed by atoms with Gasteiger partial charge < -0.3 is 10.2 Å². The van der Waals surface area contributed by atoms with Gasteiger partial charge in [-0.3, -0.25) is 9.69 Å². The Balaban J connectivity index is 1.79. The van der Waals surface area contributed by atoms with Crippen LogP contribution in [0.5, 0.6) is 0 Å². The van der Waals surface area contributed by atoms with Crippen LogP contribution < -0.4 is 5.32 Å². The monoisotopic (exact) mass is 325 g/mol. The largest absolute Gasteiger partial charge is 0.325 e. The zero-order valence-corrected chi connectivity index (χ0v) is 12.8. The first-order chi connectivity index (χ1) is 9.17. The fourth-order valence-electron chi connectivity index (χ4n) is 2.23. The lowest BCUT2D eigenvalue weighted by Gasteiger charge is -2.33. The molecule has 1 heterocycles. The molecule has 2 rings (SSSR count). The summed E-state index contributed by atoms with van der Waals surface area (Å²) < 4.78 is 0.974. The Morgan fingerprint density at radius 1 is 1.26 bits per heavy atom. The molecule has 104 valence electrons. The molecule has 5 heteroatoms. The van der Waals surface area contributed by atoms with E-state index in [1.165, 1.54) is 0 Å². The lowest BCUT2D eigenvalue weighted by molar-refractivity contribution is -0.117. The smallest absolute Gasteiger partial charge is 0.238 e. The zero-order valence-electron chi connectivity index (χ0n) is 11.2. The van der Waals surface area contributed by atoms with Gasteiger partial charge in [-0.25, -0.2) is 0 Å². The number of nitrogens with zero attached hydrogens (tertiary/aromatic N) is 2. The lowest BCUT2D eigenvalue weighted by Crippen LogP contribution is -2.48. The maximum atomic E-state index is 12.0. The Morgan fingerprint density at radius 2 is 1.95 bits per heavy atom. The summed E-state index contributed by atoms with van der Waals surface area (Å²) in [4.78, 5) is 16.6. The van der Waals surface area contributed by atoms with Gasteiger partial charge in [-0.15, -0.1) is 0 Å². The number of piperazine rings is 1. The summed E-state index contributed by atoms with van der Waals surface area (Å²) in [5, 5.41) is 2.93. The Labute approximate surface area is 122 Å². The molecule has 1 N–H and O–H groups in total. The second-order valence-corrected chi connectivity index (χ2v) is 5.68. The van der Waals surface area contributed by atoms with Gasteiger partial charge in [-0.1, -0.05) is 28.9 Å².